The standard InChI is InChI=1S/C22H27NO8/c24-10-18-19(27)20(28)21(29)22(31-18)30-17-9-14-12(8-16(17)26)5-6-23-15(14)7-11-1-3-13(25)4-2-11/h1-4,8-9,15,18-29H,5-7,10H2/t15?,18-,19-,20+,21-,22-/m1/s1. The molecule has 2 heterocycles. The maximum Gasteiger partial charge on any atom is 0.229 e. The van der Waals surface area contributed by atoms with Gasteiger partial charge in [0.25, 0.3) is 0 Å². The number of hydrogen-bond donors (Lipinski definition) is 7. The third kappa shape index (κ3) is 4.47. The van der Waals surface area contributed by atoms with Crippen LogP contribution >= 0.6 is 0 Å². The molecule has 0 saturated carbocycles. The van der Waals surface area contributed by atoms with Crippen LogP contribution in [-0.4, -0.2) is 74.5 Å². The number of rotatable bonds is 5. The number of ether oxygens (including phenoxy) is 2. The first-order valence-electron chi connectivity index (χ1n) is 10.2. The molecule has 168 valence electrons. The molecule has 9 heteroatoms. The highest BCUT2D eigenvalue weighted by Crippen LogP contribution is 2.37. The molecule has 9 nitrogen and oxygen atoms in total. The van der Waals surface area contributed by atoms with Gasteiger partial charge >= 0.3 is 0 Å². The van der Waals surface area contributed by atoms with Crippen molar-refractivity contribution in [3.05, 3.63) is 53.1 Å². The maximum absolute atomic E-state index is 10.5. The average Bonchev–Trinajstić information content (AvgIpc) is 2.76. The summed E-state index contributed by atoms with van der Waals surface area (Å²) in [6.07, 6.45) is -5.75. The summed E-state index contributed by atoms with van der Waals surface area (Å²) in [6, 6.07) is 10.2. The Morgan fingerprint density at radius 2 is 1.74 bits per heavy atom. The minimum atomic E-state index is -1.57. The Labute approximate surface area is 179 Å². The van der Waals surface area contributed by atoms with E-state index in [0.717, 1.165) is 29.7 Å². The first-order chi connectivity index (χ1) is 14.9. The van der Waals surface area contributed by atoms with Crippen LogP contribution in [0.25, 0.3) is 0 Å². The van der Waals surface area contributed by atoms with Crippen LogP contribution in [-0.2, 0) is 17.6 Å². The van der Waals surface area contributed by atoms with Crippen molar-refractivity contribution in [2.75, 3.05) is 13.2 Å². The van der Waals surface area contributed by atoms with Crippen molar-refractivity contribution in [3.8, 4) is 17.2 Å². The summed E-state index contributed by atoms with van der Waals surface area (Å²) >= 11 is 0. The number of phenols is 2. The van der Waals surface area contributed by atoms with Gasteiger partial charge in [-0.25, -0.2) is 0 Å². The quantitative estimate of drug-likeness (QED) is 0.337. The van der Waals surface area contributed by atoms with E-state index in [4.69, 9.17) is 9.47 Å². The first kappa shape index (κ1) is 21.8. The summed E-state index contributed by atoms with van der Waals surface area (Å²) in [7, 11) is 0. The predicted molar refractivity (Wildman–Crippen MR) is 109 cm³/mol. The topological polar surface area (TPSA) is 152 Å². The fourth-order valence-electron chi connectivity index (χ4n) is 4.09. The summed E-state index contributed by atoms with van der Waals surface area (Å²) in [4.78, 5) is 0. The molecule has 2 aromatic carbocycles. The Morgan fingerprint density at radius 1 is 1.00 bits per heavy atom. The van der Waals surface area contributed by atoms with E-state index in [2.05, 4.69) is 5.32 Å². The third-order valence-electron chi connectivity index (χ3n) is 5.85. The molecule has 0 radical (unpaired) electrons. The van der Waals surface area contributed by atoms with Crippen LogP contribution in [0.3, 0.4) is 0 Å². The molecule has 2 aromatic rings. The van der Waals surface area contributed by atoms with Gasteiger partial charge in [0.05, 0.1) is 6.61 Å². The predicted octanol–water partition coefficient (Wildman–Crippen LogP) is -0.294. The van der Waals surface area contributed by atoms with E-state index in [1.165, 1.54) is 0 Å². The van der Waals surface area contributed by atoms with Gasteiger partial charge in [-0.15, -0.1) is 0 Å². The molecule has 7 N–H and O–H groups in total. The van der Waals surface area contributed by atoms with Crippen molar-refractivity contribution >= 4 is 0 Å². The molecule has 0 aromatic heterocycles. The second-order valence-corrected chi connectivity index (χ2v) is 7.96. The van der Waals surface area contributed by atoms with Crippen LogP contribution < -0.4 is 10.1 Å². The van der Waals surface area contributed by atoms with E-state index in [1.807, 2.05) is 12.1 Å². The van der Waals surface area contributed by atoms with Gasteiger partial charge in [-0.1, -0.05) is 12.1 Å². The van der Waals surface area contributed by atoms with Crippen LogP contribution in [0.4, 0.5) is 0 Å². The molecule has 1 saturated heterocycles. The fraction of sp³-hybridized carbons (Fsp3) is 0.455. The van der Waals surface area contributed by atoms with Crippen molar-refractivity contribution in [2.45, 2.75) is 49.6 Å². The van der Waals surface area contributed by atoms with Crippen molar-refractivity contribution in [2.24, 2.45) is 0 Å². The minimum absolute atomic E-state index is 0.0579. The van der Waals surface area contributed by atoms with Crippen LogP contribution in [0, 0.1) is 0 Å². The van der Waals surface area contributed by atoms with E-state index in [0.29, 0.717) is 6.42 Å². The van der Waals surface area contributed by atoms with Gasteiger partial charge in [0.15, 0.2) is 11.5 Å². The van der Waals surface area contributed by atoms with E-state index < -0.39 is 37.3 Å². The number of fused-ring (bicyclic) bond motifs is 1. The molecule has 2 aliphatic rings. The van der Waals surface area contributed by atoms with E-state index >= 15 is 0 Å². The zero-order valence-corrected chi connectivity index (χ0v) is 16.8. The molecular formula is C22H27NO8. The zero-order valence-electron chi connectivity index (χ0n) is 16.8. The largest absolute Gasteiger partial charge is 0.508 e. The highest BCUT2D eigenvalue weighted by atomic mass is 16.7. The molecule has 2 aliphatic heterocycles. The number of aliphatic hydroxyl groups is 4. The van der Waals surface area contributed by atoms with Crippen LogP contribution in [0.1, 0.15) is 22.7 Å². The number of aliphatic hydroxyl groups excluding tert-OH is 4. The highest BCUT2D eigenvalue weighted by molar-refractivity contribution is 5.49. The Bertz CT molecular complexity index is 903. The molecule has 0 spiro atoms. The van der Waals surface area contributed by atoms with Gasteiger partial charge in [0.1, 0.15) is 30.2 Å². The lowest BCUT2D eigenvalue weighted by Crippen LogP contribution is -2.60. The number of phenolic OH excluding ortho intramolecular Hbond substituents is 2. The molecule has 4 rings (SSSR count). The Hall–Kier alpha value is -2.40. The fourth-order valence-corrected chi connectivity index (χ4v) is 4.09. The number of hydrogen-bond acceptors (Lipinski definition) is 9. The molecule has 0 bridgehead atoms. The molecule has 0 aliphatic carbocycles. The lowest BCUT2D eigenvalue weighted by atomic mass is 9.90. The number of benzene rings is 2. The molecule has 1 unspecified atom stereocenters. The van der Waals surface area contributed by atoms with Gasteiger partial charge < -0.3 is 45.4 Å². The van der Waals surface area contributed by atoms with E-state index in [-0.39, 0.29) is 23.3 Å². The summed E-state index contributed by atoms with van der Waals surface area (Å²) in [5.74, 6) is 0.115. The average molecular weight is 433 g/mol. The van der Waals surface area contributed by atoms with Crippen molar-refractivity contribution < 1.29 is 40.1 Å². The number of nitrogens with one attached hydrogen (secondary N) is 1. The minimum Gasteiger partial charge on any atom is -0.508 e. The third-order valence-corrected chi connectivity index (χ3v) is 5.85. The normalized spacial score (nSPS) is 30.6. The van der Waals surface area contributed by atoms with Crippen LogP contribution in [0.2, 0.25) is 0 Å². The second-order valence-electron chi connectivity index (χ2n) is 7.96. The highest BCUT2D eigenvalue weighted by Gasteiger charge is 2.45. The summed E-state index contributed by atoms with van der Waals surface area (Å²) in [5.41, 5.74) is 2.89. The van der Waals surface area contributed by atoms with Gasteiger partial charge in [0.2, 0.25) is 6.29 Å². The molecule has 0 amide bonds. The van der Waals surface area contributed by atoms with E-state index in [9.17, 15) is 30.6 Å². The maximum atomic E-state index is 10.5. The summed E-state index contributed by atoms with van der Waals surface area (Å²) < 4.78 is 11.0. The second kappa shape index (κ2) is 8.99. The first-order valence-corrected chi connectivity index (χ1v) is 10.2. The molecular weight excluding hydrogens is 406 g/mol. The summed E-state index contributed by atoms with van der Waals surface area (Å²) in [5, 5.41) is 62.9. The monoisotopic (exact) mass is 433 g/mol. The number of aromatic hydroxyl groups is 2. The Morgan fingerprint density at radius 3 is 2.45 bits per heavy atom. The zero-order chi connectivity index (χ0) is 22.1. The molecule has 6 atom stereocenters. The molecule has 31 heavy (non-hydrogen) atoms. The smallest absolute Gasteiger partial charge is 0.229 e. The van der Waals surface area contributed by atoms with Gasteiger partial charge in [0, 0.05) is 6.04 Å². The van der Waals surface area contributed by atoms with Crippen molar-refractivity contribution in [1.82, 2.24) is 5.32 Å². The lowest BCUT2D eigenvalue weighted by Gasteiger charge is -2.39. The molecule has 1 fully saturated rings. The lowest BCUT2D eigenvalue weighted by molar-refractivity contribution is -0.277. The van der Waals surface area contributed by atoms with Gasteiger partial charge in [-0.05, 0) is 60.3 Å². The van der Waals surface area contributed by atoms with Crippen LogP contribution in [0.5, 0.6) is 17.2 Å². The van der Waals surface area contributed by atoms with Gasteiger partial charge in [-0.2, -0.15) is 0 Å². The summed E-state index contributed by atoms with van der Waals surface area (Å²) in [6.45, 7) is 0.168. The van der Waals surface area contributed by atoms with E-state index in [1.54, 1.807) is 24.3 Å². The van der Waals surface area contributed by atoms with Gasteiger partial charge in [-0.3, -0.25) is 0 Å². The van der Waals surface area contributed by atoms with Crippen LogP contribution in [0.15, 0.2) is 36.4 Å². The Kier molecular flexibility index (Phi) is 6.33. The van der Waals surface area contributed by atoms with Crippen molar-refractivity contribution in [3.63, 3.8) is 0 Å². The SMILES string of the molecule is OC[C@H]1O[C@@H](Oc2cc3c(cc2O)CCNC3Cc2ccc(O)cc2)[C@H](O)[C@@H](O)[C@@H]1O. The van der Waals surface area contributed by atoms with Crippen molar-refractivity contribution in [1.29, 1.82) is 0 Å². The Balaban J connectivity index is 1.58.